The van der Waals surface area contributed by atoms with Gasteiger partial charge in [-0.2, -0.15) is 4.72 Å². The fraction of sp³-hybridized carbons (Fsp3) is 0.364. The van der Waals surface area contributed by atoms with Gasteiger partial charge in [0.1, 0.15) is 18.2 Å². The minimum absolute atomic E-state index is 0.00603. The summed E-state index contributed by atoms with van der Waals surface area (Å²) < 4.78 is 57.4. The molecule has 1 aliphatic heterocycles. The molecular formula is C22H24ClFN2O8S. The summed E-state index contributed by atoms with van der Waals surface area (Å²) in [6.07, 6.45) is -2.57. The Labute approximate surface area is 206 Å². The molecule has 0 aliphatic carbocycles. The minimum Gasteiger partial charge on any atom is -0.489 e. The van der Waals surface area contributed by atoms with E-state index < -0.39 is 45.5 Å². The smallest absolute Gasteiger partial charge is 0.328 e. The number of ether oxygens (including phenoxy) is 3. The Kier molecular flexibility index (Phi) is 8.34. The summed E-state index contributed by atoms with van der Waals surface area (Å²) in [4.78, 5) is 23.9. The first-order chi connectivity index (χ1) is 16.5. The van der Waals surface area contributed by atoms with E-state index in [1.807, 2.05) is 0 Å². The number of carbonyl (C=O) groups is 2. The second-order valence-corrected chi connectivity index (χ2v) is 9.99. The average Bonchev–Trinajstić information content (AvgIpc) is 3.16. The Morgan fingerprint density at radius 3 is 2.54 bits per heavy atom. The van der Waals surface area contributed by atoms with Gasteiger partial charge in [-0.3, -0.25) is 9.59 Å². The number of methoxy groups -OCH3 is 1. The van der Waals surface area contributed by atoms with Gasteiger partial charge in [0.2, 0.25) is 15.9 Å². The maximum atomic E-state index is 13.2. The molecule has 3 atom stereocenters. The summed E-state index contributed by atoms with van der Waals surface area (Å²) in [5.74, 6) is -2.91. The number of carboxylic acid groups (broad SMARTS) is 1. The first kappa shape index (κ1) is 26.8. The monoisotopic (exact) mass is 530 g/mol. The molecule has 13 heteroatoms. The molecule has 0 aromatic heterocycles. The quantitative estimate of drug-likeness (QED) is 0.397. The van der Waals surface area contributed by atoms with Crippen molar-refractivity contribution in [3.63, 3.8) is 0 Å². The molecule has 2 aromatic carbocycles. The number of carboxylic acids is 1. The molecule has 1 fully saturated rings. The van der Waals surface area contributed by atoms with Gasteiger partial charge in [-0.1, -0.05) is 17.7 Å². The number of nitrogens with one attached hydrogen (secondary N) is 1. The highest BCUT2D eigenvalue weighted by atomic mass is 35.5. The molecule has 3 unspecified atom stereocenters. The highest BCUT2D eigenvalue weighted by molar-refractivity contribution is 7.89. The number of halogens is 2. The zero-order valence-electron chi connectivity index (χ0n) is 18.6. The highest BCUT2D eigenvalue weighted by Gasteiger charge is 2.59. The molecule has 0 radical (unpaired) electrons. The number of aliphatic carboxylic acids is 1. The van der Waals surface area contributed by atoms with Crippen molar-refractivity contribution in [2.45, 2.75) is 42.1 Å². The first-order valence-electron chi connectivity index (χ1n) is 10.4. The number of rotatable bonds is 11. The van der Waals surface area contributed by atoms with Gasteiger partial charge in [-0.15, -0.1) is 0 Å². The van der Waals surface area contributed by atoms with Gasteiger partial charge >= 0.3 is 5.97 Å². The van der Waals surface area contributed by atoms with Crippen LogP contribution in [0.25, 0.3) is 0 Å². The lowest BCUT2D eigenvalue weighted by Crippen LogP contribution is -2.62. The zero-order chi connectivity index (χ0) is 25.8. The van der Waals surface area contributed by atoms with Crippen molar-refractivity contribution in [2.24, 2.45) is 5.73 Å². The molecule has 1 amide bonds. The number of nitrogens with two attached hydrogens (primary N) is 1. The summed E-state index contributed by atoms with van der Waals surface area (Å²) in [6, 6.07) is 8.97. The van der Waals surface area contributed by atoms with Crippen LogP contribution in [0.2, 0.25) is 5.02 Å². The molecule has 190 valence electrons. The lowest BCUT2D eigenvalue weighted by molar-refractivity contribution is -0.150. The van der Waals surface area contributed by atoms with E-state index in [1.54, 1.807) is 0 Å². The Bertz CT molecular complexity index is 1190. The van der Waals surface area contributed by atoms with Crippen LogP contribution in [0.4, 0.5) is 4.39 Å². The Morgan fingerprint density at radius 2 is 1.97 bits per heavy atom. The number of primary amides is 1. The second kappa shape index (κ2) is 10.9. The molecular weight excluding hydrogens is 507 g/mol. The lowest BCUT2D eigenvalue weighted by Gasteiger charge is -2.28. The van der Waals surface area contributed by atoms with Gasteiger partial charge in [0, 0.05) is 25.7 Å². The predicted molar refractivity (Wildman–Crippen MR) is 122 cm³/mol. The normalized spacial score (nSPS) is 22.1. The molecule has 3 rings (SSSR count). The van der Waals surface area contributed by atoms with E-state index in [2.05, 4.69) is 4.72 Å². The maximum Gasteiger partial charge on any atom is 0.328 e. The Hall–Kier alpha value is -2.77. The summed E-state index contributed by atoms with van der Waals surface area (Å²) in [5.41, 5.74) is 3.57. The van der Waals surface area contributed by atoms with Gasteiger partial charge in [0.15, 0.2) is 11.6 Å². The van der Waals surface area contributed by atoms with Crippen LogP contribution in [0.15, 0.2) is 47.4 Å². The van der Waals surface area contributed by atoms with Crippen LogP contribution in [0, 0.1) is 5.82 Å². The van der Waals surface area contributed by atoms with Gasteiger partial charge < -0.3 is 25.1 Å². The zero-order valence-corrected chi connectivity index (χ0v) is 20.1. The van der Waals surface area contributed by atoms with Crippen molar-refractivity contribution in [1.29, 1.82) is 0 Å². The van der Waals surface area contributed by atoms with E-state index in [0.29, 0.717) is 5.56 Å². The Morgan fingerprint density at radius 1 is 1.29 bits per heavy atom. The molecule has 10 nitrogen and oxygen atoms in total. The number of sulfonamides is 1. The topological polar surface area (TPSA) is 154 Å². The molecule has 1 saturated heterocycles. The molecule has 4 N–H and O–H groups in total. The average molecular weight is 531 g/mol. The van der Waals surface area contributed by atoms with Crippen LogP contribution >= 0.6 is 11.6 Å². The number of hydrogen-bond donors (Lipinski definition) is 3. The van der Waals surface area contributed by atoms with Crippen LogP contribution in [0.1, 0.15) is 18.4 Å². The van der Waals surface area contributed by atoms with E-state index in [1.165, 1.54) is 43.5 Å². The Balaban J connectivity index is 1.78. The lowest BCUT2D eigenvalue weighted by atomic mass is 9.89. The van der Waals surface area contributed by atoms with Gasteiger partial charge in [0.25, 0.3) is 0 Å². The molecule has 1 aliphatic rings. The molecule has 1 heterocycles. The number of benzene rings is 2. The van der Waals surface area contributed by atoms with Gasteiger partial charge in [0.05, 0.1) is 16.0 Å². The second-order valence-electron chi connectivity index (χ2n) is 7.90. The minimum atomic E-state index is -4.42. The van der Waals surface area contributed by atoms with E-state index in [9.17, 15) is 27.5 Å². The van der Waals surface area contributed by atoms with Crippen LogP contribution in [-0.4, -0.2) is 56.9 Å². The van der Waals surface area contributed by atoms with Crippen molar-refractivity contribution in [2.75, 3.05) is 13.7 Å². The highest BCUT2D eigenvalue weighted by Crippen LogP contribution is 2.34. The predicted octanol–water partition coefficient (Wildman–Crippen LogP) is 1.84. The fourth-order valence-electron chi connectivity index (χ4n) is 3.70. The van der Waals surface area contributed by atoms with Crippen LogP contribution in [0.5, 0.6) is 5.75 Å². The number of hydrogen-bond acceptors (Lipinski definition) is 7. The van der Waals surface area contributed by atoms with Crippen LogP contribution in [0.3, 0.4) is 0 Å². The third-order valence-corrected chi connectivity index (χ3v) is 7.35. The number of carbonyl (C=O) groups excluding carboxylic acids is 1. The first-order valence-corrected chi connectivity index (χ1v) is 12.2. The molecule has 35 heavy (non-hydrogen) atoms. The van der Waals surface area contributed by atoms with Gasteiger partial charge in [-0.05, 0) is 42.8 Å². The van der Waals surface area contributed by atoms with E-state index in [-0.39, 0.29) is 41.7 Å². The third-order valence-electron chi connectivity index (χ3n) is 5.47. The summed E-state index contributed by atoms with van der Waals surface area (Å²) in [7, 11) is -2.98. The SMILES string of the molecule is COCCC1CC(NS(=O)(=O)c2ccc(OCc3ccc(F)cc3Cl)cc2)(C(=O)O)C(C(N)=O)O1. The maximum absolute atomic E-state index is 13.2. The largest absolute Gasteiger partial charge is 0.489 e. The molecule has 0 spiro atoms. The van der Waals surface area contributed by atoms with Gasteiger partial charge in [-0.25, -0.2) is 12.8 Å². The van der Waals surface area contributed by atoms with Crippen molar-refractivity contribution in [1.82, 2.24) is 4.72 Å². The summed E-state index contributed by atoms with van der Waals surface area (Å²) in [5, 5.41) is 10.1. The molecule has 0 bridgehead atoms. The standard InChI is InChI=1S/C22H24ClFN2O8S/c1-32-9-8-16-11-22(21(28)29,19(34-16)20(25)27)26-35(30,31)17-6-4-15(5-7-17)33-12-13-2-3-14(24)10-18(13)23/h2-7,10,16,19,26H,8-9,11-12H2,1H3,(H2,25,27)(H,28,29). The van der Waals surface area contributed by atoms with Crippen LogP contribution in [-0.2, 0) is 35.7 Å². The molecule has 0 saturated carbocycles. The van der Waals surface area contributed by atoms with Crippen molar-refractivity contribution >= 4 is 33.5 Å². The van der Waals surface area contributed by atoms with E-state index in [4.69, 9.17) is 31.5 Å². The summed E-state index contributed by atoms with van der Waals surface area (Å²) >= 11 is 5.97. The van der Waals surface area contributed by atoms with Crippen molar-refractivity contribution in [3.8, 4) is 5.75 Å². The van der Waals surface area contributed by atoms with Crippen LogP contribution < -0.4 is 15.2 Å². The van der Waals surface area contributed by atoms with Crippen molar-refractivity contribution < 1.29 is 41.7 Å². The number of amides is 1. The fourth-order valence-corrected chi connectivity index (χ4v) is 5.30. The summed E-state index contributed by atoms with van der Waals surface area (Å²) in [6.45, 7) is 0.218. The molecule has 2 aromatic rings. The van der Waals surface area contributed by atoms with Crippen molar-refractivity contribution in [3.05, 3.63) is 58.9 Å². The van der Waals surface area contributed by atoms with E-state index >= 15 is 0 Å². The third kappa shape index (κ3) is 6.08. The van der Waals surface area contributed by atoms with E-state index in [0.717, 1.165) is 6.07 Å².